The van der Waals surface area contributed by atoms with Crippen molar-refractivity contribution >= 4 is 34.2 Å². The minimum Gasteiger partial charge on any atom is -0.486 e. The zero-order valence-electron chi connectivity index (χ0n) is 14.9. The number of carbonyl (C=O) groups excluding carboxylic acids is 1. The third-order valence-corrected chi connectivity index (χ3v) is 5.62. The number of amides is 1. The summed E-state index contributed by atoms with van der Waals surface area (Å²) in [5.74, 6) is 1.32. The van der Waals surface area contributed by atoms with Gasteiger partial charge in [0.05, 0.1) is 12.2 Å². The van der Waals surface area contributed by atoms with E-state index in [1.807, 2.05) is 48.5 Å². The number of nitrogens with zero attached hydrogens (tertiary/aromatic N) is 2. The summed E-state index contributed by atoms with van der Waals surface area (Å²) in [6.07, 6.45) is 0. The van der Waals surface area contributed by atoms with Gasteiger partial charge in [-0.25, -0.2) is 0 Å². The second-order valence-electron chi connectivity index (χ2n) is 6.42. The topological polar surface area (TPSA) is 67.1 Å². The molecule has 0 atom stereocenters. The lowest BCUT2D eigenvalue weighted by atomic mass is 10.2. The standard InChI is InChI=1S/C21H17N3O3S/c25-20(18-8-7-16(27-18)13-26-15-4-2-1-3-5-15)23-14-6-9-19-17(12-14)24-11-10-22-21(24)28-19/h1-9,12H,10-11,13H2,(H,23,25). The van der Waals surface area contributed by atoms with E-state index in [9.17, 15) is 4.79 Å². The summed E-state index contributed by atoms with van der Waals surface area (Å²) in [5.41, 5.74) is 1.83. The molecule has 2 aromatic carbocycles. The highest BCUT2D eigenvalue weighted by Crippen LogP contribution is 2.43. The van der Waals surface area contributed by atoms with Crippen LogP contribution in [0.3, 0.4) is 0 Å². The number of fused-ring (bicyclic) bond motifs is 3. The normalized spacial score (nSPS) is 14.4. The number of nitrogens with one attached hydrogen (secondary N) is 1. The van der Waals surface area contributed by atoms with Crippen molar-refractivity contribution < 1.29 is 13.9 Å². The molecule has 0 aliphatic carbocycles. The number of furan rings is 1. The van der Waals surface area contributed by atoms with Crippen molar-refractivity contribution in [2.45, 2.75) is 11.5 Å². The predicted octanol–water partition coefficient (Wildman–Crippen LogP) is 4.39. The number of rotatable bonds is 5. The predicted molar refractivity (Wildman–Crippen MR) is 109 cm³/mol. The molecule has 3 heterocycles. The van der Waals surface area contributed by atoms with Crippen molar-refractivity contribution in [2.24, 2.45) is 4.99 Å². The van der Waals surface area contributed by atoms with Crippen molar-refractivity contribution in [3.63, 3.8) is 0 Å². The van der Waals surface area contributed by atoms with Crippen LogP contribution < -0.4 is 15.0 Å². The Morgan fingerprint density at radius 1 is 1.18 bits per heavy atom. The van der Waals surface area contributed by atoms with Crippen LogP contribution in [0.1, 0.15) is 16.3 Å². The summed E-state index contributed by atoms with van der Waals surface area (Å²) in [5, 5.41) is 3.94. The molecule has 0 spiro atoms. The fourth-order valence-electron chi connectivity index (χ4n) is 3.17. The minimum atomic E-state index is -0.285. The molecule has 2 aliphatic heterocycles. The number of benzene rings is 2. The molecule has 1 aromatic heterocycles. The van der Waals surface area contributed by atoms with Crippen LogP contribution in [0.15, 0.2) is 75.0 Å². The number of thioether (sulfide) groups is 1. The molecule has 5 rings (SSSR count). The van der Waals surface area contributed by atoms with Crippen LogP contribution in [0, 0.1) is 0 Å². The van der Waals surface area contributed by atoms with Crippen LogP contribution in [0.25, 0.3) is 0 Å². The van der Waals surface area contributed by atoms with E-state index in [0.717, 1.165) is 40.3 Å². The van der Waals surface area contributed by atoms with Crippen LogP contribution in [0.5, 0.6) is 5.75 Å². The van der Waals surface area contributed by atoms with E-state index >= 15 is 0 Å². The molecular weight excluding hydrogens is 374 g/mol. The molecule has 7 heteroatoms. The number of aliphatic imine (C=N–C) groups is 1. The number of anilines is 2. The summed E-state index contributed by atoms with van der Waals surface area (Å²) in [7, 11) is 0. The molecule has 3 aromatic rings. The number of carbonyl (C=O) groups is 1. The Kier molecular flexibility index (Phi) is 4.29. The molecule has 0 fully saturated rings. The van der Waals surface area contributed by atoms with E-state index < -0.39 is 0 Å². The summed E-state index contributed by atoms with van der Waals surface area (Å²) < 4.78 is 11.3. The molecular formula is C21H17N3O3S. The van der Waals surface area contributed by atoms with Crippen molar-refractivity contribution in [1.29, 1.82) is 0 Å². The van der Waals surface area contributed by atoms with Gasteiger partial charge in [-0.05, 0) is 54.2 Å². The van der Waals surface area contributed by atoms with Gasteiger partial charge in [-0.2, -0.15) is 0 Å². The van der Waals surface area contributed by atoms with Crippen LogP contribution >= 0.6 is 11.8 Å². The number of para-hydroxylation sites is 1. The molecule has 1 N–H and O–H groups in total. The Balaban J connectivity index is 1.25. The van der Waals surface area contributed by atoms with E-state index in [4.69, 9.17) is 9.15 Å². The van der Waals surface area contributed by atoms with Gasteiger partial charge in [-0.3, -0.25) is 9.79 Å². The highest BCUT2D eigenvalue weighted by molar-refractivity contribution is 8.14. The van der Waals surface area contributed by atoms with Gasteiger partial charge in [0.25, 0.3) is 5.91 Å². The average Bonchev–Trinajstić information content (AvgIpc) is 3.43. The first-order valence-corrected chi connectivity index (χ1v) is 9.80. The van der Waals surface area contributed by atoms with Gasteiger partial charge < -0.3 is 19.4 Å². The molecule has 0 bridgehead atoms. The maximum Gasteiger partial charge on any atom is 0.291 e. The van der Waals surface area contributed by atoms with Gasteiger partial charge in [0.1, 0.15) is 18.1 Å². The zero-order valence-corrected chi connectivity index (χ0v) is 15.7. The van der Waals surface area contributed by atoms with E-state index in [2.05, 4.69) is 15.2 Å². The Hall–Kier alpha value is -3.19. The smallest absolute Gasteiger partial charge is 0.291 e. The van der Waals surface area contributed by atoms with Gasteiger partial charge in [-0.15, -0.1) is 0 Å². The largest absolute Gasteiger partial charge is 0.486 e. The summed E-state index contributed by atoms with van der Waals surface area (Å²) in [6, 6.07) is 18.8. The molecule has 28 heavy (non-hydrogen) atoms. The second-order valence-corrected chi connectivity index (χ2v) is 7.43. The van der Waals surface area contributed by atoms with Crippen LogP contribution in [-0.4, -0.2) is 24.2 Å². The van der Waals surface area contributed by atoms with Gasteiger partial charge >= 0.3 is 0 Å². The summed E-state index contributed by atoms with van der Waals surface area (Å²) in [6.45, 7) is 1.97. The second kappa shape index (κ2) is 7.09. The van der Waals surface area contributed by atoms with E-state index in [-0.39, 0.29) is 18.3 Å². The minimum absolute atomic E-state index is 0.255. The lowest BCUT2D eigenvalue weighted by Crippen LogP contribution is -2.21. The summed E-state index contributed by atoms with van der Waals surface area (Å²) >= 11 is 1.67. The maximum absolute atomic E-state index is 12.5. The van der Waals surface area contributed by atoms with E-state index in [1.165, 1.54) is 0 Å². The third kappa shape index (κ3) is 3.25. The fraction of sp³-hybridized carbons (Fsp3) is 0.143. The Morgan fingerprint density at radius 3 is 2.96 bits per heavy atom. The first-order valence-electron chi connectivity index (χ1n) is 8.98. The van der Waals surface area contributed by atoms with Crippen molar-refractivity contribution in [3.8, 4) is 5.75 Å². The van der Waals surface area contributed by atoms with Crippen LogP contribution in [0.2, 0.25) is 0 Å². The Labute approximate surface area is 166 Å². The van der Waals surface area contributed by atoms with Crippen molar-refractivity contribution in [2.75, 3.05) is 23.3 Å². The molecule has 1 amide bonds. The number of hydrogen-bond donors (Lipinski definition) is 1. The lowest BCUT2D eigenvalue weighted by molar-refractivity contribution is 0.0992. The van der Waals surface area contributed by atoms with Crippen LogP contribution in [0.4, 0.5) is 11.4 Å². The number of amidine groups is 1. The van der Waals surface area contributed by atoms with E-state index in [0.29, 0.717) is 5.76 Å². The maximum atomic E-state index is 12.5. The molecule has 6 nitrogen and oxygen atoms in total. The number of hydrogen-bond acceptors (Lipinski definition) is 6. The third-order valence-electron chi connectivity index (χ3n) is 4.52. The van der Waals surface area contributed by atoms with Crippen molar-refractivity contribution in [1.82, 2.24) is 0 Å². The van der Waals surface area contributed by atoms with Crippen molar-refractivity contribution in [3.05, 3.63) is 72.2 Å². The molecule has 2 aliphatic rings. The summed E-state index contributed by atoms with van der Waals surface area (Å²) in [4.78, 5) is 20.4. The molecule has 0 unspecified atom stereocenters. The lowest BCUT2D eigenvalue weighted by Gasteiger charge is -2.13. The highest BCUT2D eigenvalue weighted by atomic mass is 32.2. The first-order chi connectivity index (χ1) is 13.8. The van der Waals surface area contributed by atoms with Gasteiger partial charge in [0.15, 0.2) is 10.9 Å². The fourth-order valence-corrected chi connectivity index (χ4v) is 4.23. The Bertz CT molecular complexity index is 1060. The quantitative estimate of drug-likeness (QED) is 0.699. The number of ether oxygens (including phenoxy) is 1. The monoisotopic (exact) mass is 391 g/mol. The van der Waals surface area contributed by atoms with Crippen LogP contribution in [-0.2, 0) is 6.61 Å². The molecule has 0 saturated heterocycles. The molecule has 0 saturated carbocycles. The van der Waals surface area contributed by atoms with E-state index in [1.54, 1.807) is 23.9 Å². The van der Waals surface area contributed by atoms with Gasteiger partial charge in [0, 0.05) is 17.1 Å². The molecule has 0 radical (unpaired) electrons. The highest BCUT2D eigenvalue weighted by Gasteiger charge is 2.29. The van der Waals surface area contributed by atoms with Gasteiger partial charge in [0.2, 0.25) is 0 Å². The first kappa shape index (κ1) is 16.9. The zero-order chi connectivity index (χ0) is 18.9. The SMILES string of the molecule is O=C(Nc1ccc2c(c1)N1CCN=C1S2)c1ccc(COc2ccccc2)o1. The van der Waals surface area contributed by atoms with Gasteiger partial charge in [-0.1, -0.05) is 18.2 Å². The Morgan fingerprint density at radius 2 is 2.07 bits per heavy atom. The average molecular weight is 391 g/mol. The molecule has 140 valence electrons.